The zero-order valence-corrected chi connectivity index (χ0v) is 14.2. The van der Waals surface area contributed by atoms with E-state index in [9.17, 15) is 19.3 Å². The summed E-state index contributed by atoms with van der Waals surface area (Å²) in [7, 11) is 0. The second-order valence-corrected chi connectivity index (χ2v) is 5.76. The van der Waals surface area contributed by atoms with Crippen molar-refractivity contribution in [2.24, 2.45) is 0 Å². The van der Waals surface area contributed by atoms with E-state index in [0.717, 1.165) is 17.7 Å². The van der Waals surface area contributed by atoms with E-state index in [2.05, 4.69) is 5.32 Å². The van der Waals surface area contributed by atoms with E-state index in [1.54, 1.807) is 24.3 Å². The Morgan fingerprint density at radius 3 is 2.26 bits per heavy atom. The third-order valence-electron chi connectivity index (χ3n) is 3.89. The van der Waals surface area contributed by atoms with E-state index >= 15 is 0 Å². The van der Waals surface area contributed by atoms with Crippen LogP contribution in [0.1, 0.15) is 5.56 Å². The number of nitro groups is 1. The van der Waals surface area contributed by atoms with Gasteiger partial charge in [-0.2, -0.15) is 0 Å². The van der Waals surface area contributed by atoms with Crippen LogP contribution in [-0.4, -0.2) is 11.0 Å². The summed E-state index contributed by atoms with van der Waals surface area (Å²) >= 11 is 0. The number of rotatable bonds is 5. The zero-order valence-electron chi connectivity index (χ0n) is 14.2. The molecule has 0 atom stereocenters. The minimum absolute atomic E-state index is 0.0691. The summed E-state index contributed by atoms with van der Waals surface area (Å²) in [4.78, 5) is 24.8. The molecule has 0 aliphatic rings. The predicted octanol–water partition coefficient (Wildman–Crippen LogP) is 4.97. The Balaban J connectivity index is 1.91. The number of nitrogens with zero attached hydrogens (tertiary/aromatic N) is 2. The number of hydrogen-bond acceptors (Lipinski definition) is 3. The highest BCUT2D eigenvalue weighted by Gasteiger charge is 2.21. The normalized spacial score (nSPS) is 10.3. The van der Waals surface area contributed by atoms with E-state index in [0.29, 0.717) is 5.69 Å². The van der Waals surface area contributed by atoms with Gasteiger partial charge in [-0.05, 0) is 29.8 Å². The van der Waals surface area contributed by atoms with Crippen LogP contribution >= 0.6 is 0 Å². The molecule has 0 fully saturated rings. The third-order valence-corrected chi connectivity index (χ3v) is 3.89. The molecule has 136 valence electrons. The van der Waals surface area contributed by atoms with Crippen LogP contribution in [0.2, 0.25) is 0 Å². The average Bonchev–Trinajstić information content (AvgIpc) is 2.68. The molecule has 0 saturated heterocycles. The molecule has 7 heteroatoms. The minimum Gasteiger partial charge on any atom is -0.302 e. The van der Waals surface area contributed by atoms with Crippen molar-refractivity contribution < 1.29 is 14.1 Å². The molecule has 3 aromatic carbocycles. The van der Waals surface area contributed by atoms with Crippen molar-refractivity contribution in [2.45, 2.75) is 6.54 Å². The van der Waals surface area contributed by atoms with Crippen LogP contribution < -0.4 is 10.2 Å². The minimum atomic E-state index is -0.746. The lowest BCUT2D eigenvalue weighted by molar-refractivity contribution is -0.384. The second kappa shape index (κ2) is 8.09. The van der Waals surface area contributed by atoms with Gasteiger partial charge in [0.2, 0.25) is 0 Å². The summed E-state index contributed by atoms with van der Waals surface area (Å²) in [5.74, 6) is -0.746. The van der Waals surface area contributed by atoms with Crippen molar-refractivity contribution in [3.8, 4) is 0 Å². The third kappa shape index (κ3) is 4.46. The fourth-order valence-corrected chi connectivity index (χ4v) is 2.60. The summed E-state index contributed by atoms with van der Waals surface area (Å²) in [5, 5.41) is 13.7. The molecule has 0 bridgehead atoms. The number of anilines is 2. The molecule has 1 N–H and O–H groups in total. The number of amides is 2. The number of halogens is 1. The molecule has 0 radical (unpaired) electrons. The maximum Gasteiger partial charge on any atom is 0.326 e. The van der Waals surface area contributed by atoms with E-state index in [-0.39, 0.29) is 12.2 Å². The molecule has 0 spiro atoms. The Bertz CT molecular complexity index is 949. The maximum absolute atomic E-state index is 13.3. The fourth-order valence-electron chi connectivity index (χ4n) is 2.60. The van der Waals surface area contributed by atoms with Gasteiger partial charge in [-0.3, -0.25) is 15.0 Å². The second-order valence-electron chi connectivity index (χ2n) is 5.76. The molecule has 6 nitrogen and oxygen atoms in total. The van der Waals surface area contributed by atoms with Crippen LogP contribution in [0.25, 0.3) is 0 Å². The van der Waals surface area contributed by atoms with E-state index < -0.39 is 22.5 Å². The fraction of sp³-hybridized carbons (Fsp3) is 0.0500. The van der Waals surface area contributed by atoms with Crippen molar-refractivity contribution in [1.82, 2.24) is 0 Å². The first-order valence-corrected chi connectivity index (χ1v) is 8.16. The van der Waals surface area contributed by atoms with Gasteiger partial charge in [0.25, 0.3) is 5.69 Å². The quantitative estimate of drug-likeness (QED) is 0.512. The van der Waals surface area contributed by atoms with Gasteiger partial charge in [-0.1, -0.05) is 48.5 Å². The monoisotopic (exact) mass is 365 g/mol. The van der Waals surface area contributed by atoms with E-state index in [1.165, 1.54) is 11.0 Å². The van der Waals surface area contributed by atoms with Gasteiger partial charge in [0.1, 0.15) is 11.5 Å². The van der Waals surface area contributed by atoms with Crippen molar-refractivity contribution in [2.75, 3.05) is 10.2 Å². The van der Waals surface area contributed by atoms with Crippen molar-refractivity contribution in [3.63, 3.8) is 0 Å². The molecule has 0 aliphatic carbocycles. The molecule has 0 aliphatic heterocycles. The van der Waals surface area contributed by atoms with Gasteiger partial charge in [-0.25, -0.2) is 9.18 Å². The predicted molar refractivity (Wildman–Crippen MR) is 101 cm³/mol. The van der Waals surface area contributed by atoms with Crippen LogP contribution in [0.4, 0.5) is 26.2 Å². The molecule has 3 aromatic rings. The lowest BCUT2D eigenvalue weighted by atomic mass is 10.2. The first-order chi connectivity index (χ1) is 13.0. The summed E-state index contributed by atoms with van der Waals surface area (Å²) in [6.45, 7) is 0.270. The van der Waals surface area contributed by atoms with Crippen LogP contribution in [0.15, 0.2) is 78.9 Å². The smallest absolute Gasteiger partial charge is 0.302 e. The Hall–Kier alpha value is -3.74. The lowest BCUT2D eigenvalue weighted by Gasteiger charge is -2.23. The zero-order chi connectivity index (χ0) is 19.2. The van der Waals surface area contributed by atoms with E-state index in [4.69, 9.17) is 0 Å². The molecule has 27 heavy (non-hydrogen) atoms. The van der Waals surface area contributed by atoms with Gasteiger partial charge in [0, 0.05) is 5.69 Å². The summed E-state index contributed by atoms with van der Waals surface area (Å²) < 4.78 is 13.3. The highest BCUT2D eigenvalue weighted by molar-refractivity contribution is 6.02. The Morgan fingerprint density at radius 1 is 1.00 bits per heavy atom. The number of nitro benzene ring substituents is 1. The summed E-state index contributed by atoms with van der Waals surface area (Å²) in [6.07, 6.45) is 0. The number of carbonyl (C=O) groups is 1. The van der Waals surface area contributed by atoms with Gasteiger partial charge < -0.3 is 5.32 Å². The number of benzene rings is 3. The topological polar surface area (TPSA) is 75.5 Å². The van der Waals surface area contributed by atoms with Gasteiger partial charge >= 0.3 is 6.03 Å². The van der Waals surface area contributed by atoms with Crippen molar-refractivity contribution in [3.05, 3.63) is 100 Å². The van der Waals surface area contributed by atoms with Crippen LogP contribution in [0.5, 0.6) is 0 Å². The Kier molecular flexibility index (Phi) is 5.41. The molecule has 0 unspecified atom stereocenters. The van der Waals surface area contributed by atoms with E-state index in [1.807, 2.05) is 36.4 Å². The molecule has 0 aromatic heterocycles. The number of carbonyl (C=O) groups excluding carboxylic acids is 1. The molecular weight excluding hydrogens is 349 g/mol. The molecule has 3 rings (SSSR count). The first kappa shape index (κ1) is 18.1. The number of urea groups is 1. The number of hydrogen-bond donors (Lipinski definition) is 1. The molecule has 0 heterocycles. The molecule has 2 amide bonds. The standard InChI is InChI=1S/C20H16FN3O3/c21-16-11-12-18(19(13-16)24(26)27)22-20(25)23(17-9-5-2-6-10-17)14-15-7-3-1-4-8-15/h1-13H,14H2,(H,22,25). The van der Waals surface area contributed by atoms with Crippen LogP contribution in [-0.2, 0) is 6.54 Å². The van der Waals surface area contributed by atoms with Gasteiger partial charge in [0.15, 0.2) is 0 Å². The SMILES string of the molecule is O=C(Nc1ccc(F)cc1[N+](=O)[O-])N(Cc1ccccc1)c1ccccc1. The average molecular weight is 365 g/mol. The summed E-state index contributed by atoms with van der Waals surface area (Å²) in [6, 6.07) is 20.8. The van der Waals surface area contributed by atoms with Crippen molar-refractivity contribution in [1.29, 1.82) is 0 Å². The molecular formula is C20H16FN3O3. The Labute approximate surface area is 155 Å². The lowest BCUT2D eigenvalue weighted by Crippen LogP contribution is -2.34. The summed E-state index contributed by atoms with van der Waals surface area (Å²) in [5.41, 5.74) is 0.949. The number of nitrogens with one attached hydrogen (secondary N) is 1. The van der Waals surface area contributed by atoms with Crippen LogP contribution in [0.3, 0.4) is 0 Å². The largest absolute Gasteiger partial charge is 0.326 e. The first-order valence-electron chi connectivity index (χ1n) is 8.16. The number of para-hydroxylation sites is 1. The highest BCUT2D eigenvalue weighted by atomic mass is 19.1. The van der Waals surface area contributed by atoms with Gasteiger partial charge in [0.05, 0.1) is 17.5 Å². The Morgan fingerprint density at radius 2 is 1.63 bits per heavy atom. The van der Waals surface area contributed by atoms with Gasteiger partial charge in [-0.15, -0.1) is 0 Å². The molecule has 0 saturated carbocycles. The van der Waals surface area contributed by atoms with Crippen LogP contribution in [0, 0.1) is 15.9 Å². The highest BCUT2D eigenvalue weighted by Crippen LogP contribution is 2.26. The maximum atomic E-state index is 13.3. The van der Waals surface area contributed by atoms with Crippen molar-refractivity contribution >= 4 is 23.1 Å².